The molecule has 0 N–H and O–H groups in total. The minimum atomic E-state index is -0.319. The molecule has 0 aliphatic heterocycles. The first-order chi connectivity index (χ1) is 6.96. The fourth-order valence-corrected chi connectivity index (χ4v) is 2.09. The van der Waals surface area contributed by atoms with Crippen molar-refractivity contribution in [1.29, 1.82) is 0 Å². The molecule has 0 aromatic rings. The average Bonchev–Trinajstić information content (AvgIpc) is 2.95. The van der Waals surface area contributed by atoms with Crippen LogP contribution in [0.25, 0.3) is 0 Å². The van der Waals surface area contributed by atoms with E-state index in [0.29, 0.717) is 5.92 Å². The van der Waals surface area contributed by atoms with Gasteiger partial charge in [0.05, 0.1) is 5.92 Å². The molecular formula is C13H22O2. The molecule has 2 fully saturated rings. The average molecular weight is 210 g/mol. The van der Waals surface area contributed by atoms with Crippen LogP contribution in [-0.4, -0.2) is 11.6 Å². The van der Waals surface area contributed by atoms with Gasteiger partial charge in [0.15, 0.2) is 0 Å². The van der Waals surface area contributed by atoms with E-state index in [1.165, 1.54) is 25.7 Å². The van der Waals surface area contributed by atoms with Gasteiger partial charge in [0, 0.05) is 0 Å². The maximum Gasteiger partial charge on any atom is 0.309 e. The number of hydrogen-bond acceptors (Lipinski definition) is 2. The molecule has 0 spiro atoms. The van der Waals surface area contributed by atoms with Gasteiger partial charge in [0.25, 0.3) is 0 Å². The molecule has 0 amide bonds. The molecule has 2 atom stereocenters. The molecular weight excluding hydrogens is 188 g/mol. The van der Waals surface area contributed by atoms with Crippen LogP contribution in [-0.2, 0) is 9.53 Å². The van der Waals surface area contributed by atoms with Gasteiger partial charge in [-0.1, -0.05) is 19.3 Å². The molecule has 2 rings (SSSR count). The molecule has 2 unspecified atom stereocenters. The van der Waals surface area contributed by atoms with Crippen LogP contribution in [0.15, 0.2) is 0 Å². The highest BCUT2D eigenvalue weighted by atomic mass is 16.6. The number of carbonyl (C=O) groups excluding carboxylic acids is 1. The van der Waals surface area contributed by atoms with E-state index in [-0.39, 0.29) is 17.5 Å². The van der Waals surface area contributed by atoms with E-state index in [2.05, 4.69) is 0 Å². The SMILES string of the molecule is CC(C)(C)OC(=O)C1CC1CCC1CC1. The smallest absolute Gasteiger partial charge is 0.309 e. The Bertz CT molecular complexity index is 248. The van der Waals surface area contributed by atoms with Crippen molar-refractivity contribution in [3.8, 4) is 0 Å². The van der Waals surface area contributed by atoms with E-state index < -0.39 is 0 Å². The van der Waals surface area contributed by atoms with Gasteiger partial charge in [0.2, 0.25) is 0 Å². The second kappa shape index (κ2) is 3.80. The Morgan fingerprint density at radius 1 is 1.27 bits per heavy atom. The number of carbonyl (C=O) groups is 1. The van der Waals surface area contributed by atoms with Crippen molar-refractivity contribution < 1.29 is 9.53 Å². The minimum absolute atomic E-state index is 0.0308. The lowest BCUT2D eigenvalue weighted by Gasteiger charge is -2.19. The quantitative estimate of drug-likeness (QED) is 0.666. The molecule has 0 heterocycles. The van der Waals surface area contributed by atoms with Gasteiger partial charge in [-0.3, -0.25) is 4.79 Å². The van der Waals surface area contributed by atoms with E-state index in [0.717, 1.165) is 12.3 Å². The van der Waals surface area contributed by atoms with Crippen LogP contribution in [0.2, 0.25) is 0 Å². The summed E-state index contributed by atoms with van der Waals surface area (Å²) in [7, 11) is 0. The molecule has 0 aromatic heterocycles. The van der Waals surface area contributed by atoms with Crippen molar-refractivity contribution in [3.63, 3.8) is 0 Å². The Hall–Kier alpha value is -0.530. The van der Waals surface area contributed by atoms with E-state index in [1.807, 2.05) is 20.8 Å². The summed E-state index contributed by atoms with van der Waals surface area (Å²) in [5.74, 6) is 1.89. The minimum Gasteiger partial charge on any atom is -0.460 e. The Balaban J connectivity index is 1.65. The molecule has 0 bridgehead atoms. The zero-order chi connectivity index (χ0) is 11.1. The normalized spacial score (nSPS) is 30.1. The maximum atomic E-state index is 11.7. The van der Waals surface area contributed by atoms with Crippen molar-refractivity contribution in [2.24, 2.45) is 17.8 Å². The van der Waals surface area contributed by atoms with Gasteiger partial charge in [-0.2, -0.15) is 0 Å². The van der Waals surface area contributed by atoms with Crippen LogP contribution in [0.1, 0.15) is 52.9 Å². The summed E-state index contributed by atoms with van der Waals surface area (Å²) in [5, 5.41) is 0. The molecule has 2 heteroatoms. The number of ether oxygens (including phenoxy) is 1. The Labute approximate surface area is 92.4 Å². The topological polar surface area (TPSA) is 26.3 Å². The number of rotatable bonds is 4. The fraction of sp³-hybridized carbons (Fsp3) is 0.923. The first kappa shape index (κ1) is 11.0. The summed E-state index contributed by atoms with van der Waals surface area (Å²) < 4.78 is 5.38. The summed E-state index contributed by atoms with van der Waals surface area (Å²) in [4.78, 5) is 11.7. The van der Waals surface area contributed by atoms with Gasteiger partial charge in [-0.05, 0) is 45.4 Å². The third-order valence-electron chi connectivity index (χ3n) is 3.27. The maximum absolute atomic E-state index is 11.7. The van der Waals surface area contributed by atoms with E-state index in [4.69, 9.17) is 4.74 Å². The van der Waals surface area contributed by atoms with Gasteiger partial charge >= 0.3 is 5.97 Å². The molecule has 0 aromatic carbocycles. The largest absolute Gasteiger partial charge is 0.460 e. The fourth-order valence-electron chi connectivity index (χ4n) is 2.09. The Morgan fingerprint density at radius 3 is 2.47 bits per heavy atom. The molecule has 2 aliphatic carbocycles. The van der Waals surface area contributed by atoms with E-state index in [9.17, 15) is 4.79 Å². The van der Waals surface area contributed by atoms with Crippen molar-refractivity contribution in [2.75, 3.05) is 0 Å². The predicted molar refractivity (Wildman–Crippen MR) is 59.4 cm³/mol. The van der Waals surface area contributed by atoms with Crippen LogP contribution < -0.4 is 0 Å². The van der Waals surface area contributed by atoms with Gasteiger partial charge in [-0.15, -0.1) is 0 Å². The van der Waals surface area contributed by atoms with E-state index in [1.54, 1.807) is 0 Å². The molecule has 2 nitrogen and oxygen atoms in total. The van der Waals surface area contributed by atoms with Crippen LogP contribution in [0.3, 0.4) is 0 Å². The van der Waals surface area contributed by atoms with Crippen molar-refractivity contribution >= 4 is 5.97 Å². The zero-order valence-electron chi connectivity index (χ0n) is 10.1. The standard InChI is InChI=1S/C13H22O2/c1-13(2,3)15-12(14)11-8-10(11)7-6-9-4-5-9/h9-11H,4-8H2,1-3H3. The lowest BCUT2D eigenvalue weighted by Crippen LogP contribution is -2.25. The van der Waals surface area contributed by atoms with Crippen LogP contribution >= 0.6 is 0 Å². The Kier molecular flexibility index (Phi) is 2.78. The summed E-state index contributed by atoms with van der Waals surface area (Å²) >= 11 is 0. The molecule has 0 saturated heterocycles. The van der Waals surface area contributed by atoms with Crippen molar-refractivity contribution in [1.82, 2.24) is 0 Å². The highest BCUT2D eigenvalue weighted by Gasteiger charge is 2.45. The number of esters is 1. The lowest BCUT2D eigenvalue weighted by molar-refractivity contribution is -0.156. The second-order valence-corrected chi connectivity index (χ2v) is 6.16. The van der Waals surface area contributed by atoms with Crippen LogP contribution in [0, 0.1) is 17.8 Å². The van der Waals surface area contributed by atoms with Crippen LogP contribution in [0.4, 0.5) is 0 Å². The van der Waals surface area contributed by atoms with Crippen LogP contribution in [0.5, 0.6) is 0 Å². The van der Waals surface area contributed by atoms with E-state index >= 15 is 0 Å². The predicted octanol–water partition coefficient (Wildman–Crippen LogP) is 3.15. The second-order valence-electron chi connectivity index (χ2n) is 6.16. The van der Waals surface area contributed by atoms with Crippen molar-refractivity contribution in [2.45, 2.75) is 58.5 Å². The molecule has 15 heavy (non-hydrogen) atoms. The first-order valence-electron chi connectivity index (χ1n) is 6.18. The summed E-state index contributed by atoms with van der Waals surface area (Å²) in [5.41, 5.74) is -0.319. The van der Waals surface area contributed by atoms with Gasteiger partial charge in [0.1, 0.15) is 5.60 Å². The first-order valence-corrected chi connectivity index (χ1v) is 6.18. The lowest BCUT2D eigenvalue weighted by atomic mass is 10.1. The highest BCUT2D eigenvalue weighted by Crippen LogP contribution is 2.46. The third kappa shape index (κ3) is 3.51. The zero-order valence-corrected chi connectivity index (χ0v) is 10.1. The van der Waals surface area contributed by atoms with Gasteiger partial charge in [-0.25, -0.2) is 0 Å². The summed E-state index contributed by atoms with van der Waals surface area (Å²) in [6, 6.07) is 0. The molecule has 2 aliphatic rings. The third-order valence-corrected chi connectivity index (χ3v) is 3.27. The van der Waals surface area contributed by atoms with Crippen molar-refractivity contribution in [3.05, 3.63) is 0 Å². The Morgan fingerprint density at radius 2 is 1.93 bits per heavy atom. The highest BCUT2D eigenvalue weighted by molar-refractivity contribution is 5.76. The van der Waals surface area contributed by atoms with Gasteiger partial charge < -0.3 is 4.74 Å². The summed E-state index contributed by atoms with van der Waals surface area (Å²) in [6.07, 6.45) is 6.49. The molecule has 86 valence electrons. The number of hydrogen-bond donors (Lipinski definition) is 0. The summed E-state index contributed by atoms with van der Waals surface area (Å²) in [6.45, 7) is 5.81. The molecule has 2 saturated carbocycles. The monoisotopic (exact) mass is 210 g/mol. The molecule has 0 radical (unpaired) electrons.